The third-order valence-electron chi connectivity index (χ3n) is 5.10. The fourth-order valence-electron chi connectivity index (χ4n) is 3.52. The van der Waals surface area contributed by atoms with Crippen LogP contribution in [0.15, 0.2) is 35.3 Å². The van der Waals surface area contributed by atoms with Crippen LogP contribution in [0, 0.1) is 0 Å². The van der Waals surface area contributed by atoms with Crippen molar-refractivity contribution in [1.82, 2.24) is 10.6 Å². The van der Waals surface area contributed by atoms with E-state index in [1.807, 2.05) is 0 Å². The van der Waals surface area contributed by atoms with Crippen molar-refractivity contribution in [1.29, 1.82) is 0 Å². The molecule has 1 atom stereocenters. The van der Waals surface area contributed by atoms with Gasteiger partial charge in [-0.1, -0.05) is 36.8 Å². The van der Waals surface area contributed by atoms with Gasteiger partial charge >= 0.3 is 0 Å². The number of aliphatic imine (C=N–C) groups is 1. The van der Waals surface area contributed by atoms with Crippen LogP contribution >= 0.6 is 0 Å². The molecule has 23 heavy (non-hydrogen) atoms. The summed E-state index contributed by atoms with van der Waals surface area (Å²) < 4.78 is 5.68. The van der Waals surface area contributed by atoms with Gasteiger partial charge in [0.25, 0.3) is 0 Å². The lowest BCUT2D eigenvalue weighted by Crippen LogP contribution is -2.43. The topological polar surface area (TPSA) is 45.7 Å². The van der Waals surface area contributed by atoms with Crippen molar-refractivity contribution >= 4 is 5.96 Å². The number of rotatable bonds is 6. The first-order valence-corrected chi connectivity index (χ1v) is 9.02. The van der Waals surface area contributed by atoms with Gasteiger partial charge in [-0.15, -0.1) is 0 Å². The molecule has 0 aromatic heterocycles. The number of nitrogens with one attached hydrogen (secondary N) is 2. The van der Waals surface area contributed by atoms with Crippen molar-refractivity contribution in [2.45, 2.75) is 50.5 Å². The normalized spacial score (nSPS) is 23.3. The van der Waals surface area contributed by atoms with E-state index in [4.69, 9.17) is 9.73 Å². The van der Waals surface area contributed by atoms with Crippen molar-refractivity contribution in [3.8, 4) is 0 Å². The number of guanidine groups is 1. The van der Waals surface area contributed by atoms with Gasteiger partial charge in [-0.3, -0.25) is 4.99 Å². The lowest BCUT2D eigenvalue weighted by Gasteiger charge is -2.41. The molecule has 1 saturated carbocycles. The van der Waals surface area contributed by atoms with Crippen LogP contribution in [0.2, 0.25) is 0 Å². The molecule has 2 aliphatic rings. The fraction of sp³-hybridized carbons (Fsp3) is 0.632. The zero-order valence-electron chi connectivity index (χ0n) is 14.2. The highest BCUT2D eigenvalue weighted by Gasteiger charge is 2.38. The quantitative estimate of drug-likeness (QED) is 0.627. The number of ether oxygens (including phenoxy) is 1. The molecule has 0 amide bonds. The SMILES string of the molecule is CCNC(=NCC1(c2ccccc2)CCC1)NCC1CCCO1. The van der Waals surface area contributed by atoms with E-state index in [0.717, 1.165) is 38.6 Å². The Bertz CT molecular complexity index is 505. The van der Waals surface area contributed by atoms with Crippen molar-refractivity contribution in [2.75, 3.05) is 26.2 Å². The third kappa shape index (κ3) is 4.05. The molecule has 4 nitrogen and oxygen atoms in total. The molecular formula is C19H29N3O. The van der Waals surface area contributed by atoms with Crippen molar-refractivity contribution in [3.05, 3.63) is 35.9 Å². The number of benzene rings is 1. The molecule has 0 bridgehead atoms. The maximum absolute atomic E-state index is 5.68. The number of nitrogens with zero attached hydrogens (tertiary/aromatic N) is 1. The minimum Gasteiger partial charge on any atom is -0.376 e. The van der Waals surface area contributed by atoms with Crippen LogP contribution in [0.3, 0.4) is 0 Å². The Labute approximate surface area is 139 Å². The second-order valence-electron chi connectivity index (χ2n) is 6.71. The standard InChI is InChI=1S/C19H29N3O/c1-2-20-18(21-14-17-10-6-13-23-17)22-15-19(11-7-12-19)16-8-4-3-5-9-16/h3-5,8-9,17H,2,6-7,10-15H2,1H3,(H2,20,21,22). The van der Waals surface area contributed by atoms with Gasteiger partial charge in [0.15, 0.2) is 5.96 Å². The van der Waals surface area contributed by atoms with E-state index in [2.05, 4.69) is 47.9 Å². The zero-order valence-corrected chi connectivity index (χ0v) is 14.2. The summed E-state index contributed by atoms with van der Waals surface area (Å²) in [5.41, 5.74) is 1.68. The van der Waals surface area contributed by atoms with E-state index >= 15 is 0 Å². The first-order valence-electron chi connectivity index (χ1n) is 9.02. The van der Waals surface area contributed by atoms with Gasteiger partial charge in [-0.25, -0.2) is 0 Å². The minimum atomic E-state index is 0.244. The summed E-state index contributed by atoms with van der Waals surface area (Å²) in [4.78, 5) is 4.88. The molecule has 1 saturated heterocycles. The first kappa shape index (κ1) is 16.3. The van der Waals surface area contributed by atoms with Gasteiger partial charge in [-0.05, 0) is 38.2 Å². The molecule has 1 aliphatic heterocycles. The molecule has 1 aromatic rings. The van der Waals surface area contributed by atoms with Gasteiger partial charge in [0.1, 0.15) is 0 Å². The third-order valence-corrected chi connectivity index (χ3v) is 5.10. The number of hydrogen-bond acceptors (Lipinski definition) is 2. The summed E-state index contributed by atoms with van der Waals surface area (Å²) in [5, 5.41) is 6.81. The van der Waals surface area contributed by atoms with Crippen LogP contribution < -0.4 is 10.6 Å². The number of hydrogen-bond donors (Lipinski definition) is 2. The Morgan fingerprint density at radius 3 is 2.65 bits per heavy atom. The van der Waals surface area contributed by atoms with Crippen LogP contribution in [-0.2, 0) is 10.2 Å². The maximum Gasteiger partial charge on any atom is 0.191 e. The lowest BCUT2D eigenvalue weighted by molar-refractivity contribution is 0.113. The Hall–Kier alpha value is -1.55. The average molecular weight is 315 g/mol. The smallest absolute Gasteiger partial charge is 0.191 e. The van der Waals surface area contributed by atoms with Crippen LogP contribution in [0.25, 0.3) is 0 Å². The predicted molar refractivity (Wildman–Crippen MR) is 94.9 cm³/mol. The summed E-state index contributed by atoms with van der Waals surface area (Å²) in [5.74, 6) is 0.921. The summed E-state index contributed by atoms with van der Waals surface area (Å²) in [6.45, 7) is 5.61. The van der Waals surface area contributed by atoms with E-state index < -0.39 is 0 Å². The van der Waals surface area contributed by atoms with Crippen LogP contribution in [-0.4, -0.2) is 38.3 Å². The molecule has 126 valence electrons. The highest BCUT2D eigenvalue weighted by molar-refractivity contribution is 5.79. The molecule has 1 aliphatic carbocycles. The molecular weight excluding hydrogens is 286 g/mol. The second-order valence-corrected chi connectivity index (χ2v) is 6.71. The highest BCUT2D eigenvalue weighted by atomic mass is 16.5. The molecule has 3 rings (SSSR count). The maximum atomic E-state index is 5.68. The van der Waals surface area contributed by atoms with Crippen LogP contribution in [0.5, 0.6) is 0 Å². The molecule has 1 heterocycles. The Morgan fingerprint density at radius 2 is 2.04 bits per heavy atom. The van der Waals surface area contributed by atoms with E-state index in [0.29, 0.717) is 6.10 Å². The van der Waals surface area contributed by atoms with Crippen LogP contribution in [0.1, 0.15) is 44.6 Å². The summed E-state index contributed by atoms with van der Waals surface area (Å²) in [6, 6.07) is 10.9. The molecule has 1 aromatic carbocycles. The molecule has 0 spiro atoms. The fourth-order valence-corrected chi connectivity index (χ4v) is 3.52. The molecule has 2 N–H and O–H groups in total. The van der Waals surface area contributed by atoms with Gasteiger partial charge in [0.2, 0.25) is 0 Å². The molecule has 4 heteroatoms. The molecule has 0 radical (unpaired) electrons. The monoisotopic (exact) mass is 315 g/mol. The van der Waals surface area contributed by atoms with E-state index in [9.17, 15) is 0 Å². The van der Waals surface area contributed by atoms with Gasteiger partial charge in [-0.2, -0.15) is 0 Å². The van der Waals surface area contributed by atoms with Gasteiger partial charge < -0.3 is 15.4 Å². The Balaban J connectivity index is 1.61. The summed E-state index contributed by atoms with van der Waals surface area (Å²) in [7, 11) is 0. The van der Waals surface area contributed by atoms with Gasteiger partial charge in [0, 0.05) is 25.1 Å². The minimum absolute atomic E-state index is 0.244. The zero-order chi connectivity index (χ0) is 16.0. The van der Waals surface area contributed by atoms with E-state index in [1.165, 1.54) is 31.2 Å². The van der Waals surface area contributed by atoms with Crippen LogP contribution in [0.4, 0.5) is 0 Å². The first-order chi connectivity index (χ1) is 11.3. The lowest BCUT2D eigenvalue weighted by atomic mass is 9.64. The predicted octanol–water partition coefficient (Wildman–Crippen LogP) is 2.84. The summed E-state index contributed by atoms with van der Waals surface area (Å²) >= 11 is 0. The van der Waals surface area contributed by atoms with Crippen molar-refractivity contribution in [2.24, 2.45) is 4.99 Å². The highest BCUT2D eigenvalue weighted by Crippen LogP contribution is 2.43. The van der Waals surface area contributed by atoms with E-state index in [-0.39, 0.29) is 5.41 Å². The molecule has 1 unspecified atom stereocenters. The Morgan fingerprint density at radius 1 is 1.22 bits per heavy atom. The second kappa shape index (κ2) is 7.82. The molecule has 2 fully saturated rings. The van der Waals surface area contributed by atoms with Crippen molar-refractivity contribution in [3.63, 3.8) is 0 Å². The largest absolute Gasteiger partial charge is 0.376 e. The van der Waals surface area contributed by atoms with Crippen molar-refractivity contribution < 1.29 is 4.74 Å². The Kier molecular flexibility index (Phi) is 5.55. The van der Waals surface area contributed by atoms with E-state index in [1.54, 1.807) is 0 Å². The average Bonchev–Trinajstić information content (AvgIpc) is 3.06. The summed E-state index contributed by atoms with van der Waals surface area (Å²) in [6.07, 6.45) is 6.46. The van der Waals surface area contributed by atoms with Gasteiger partial charge in [0.05, 0.1) is 12.6 Å².